The predicted octanol–water partition coefficient (Wildman–Crippen LogP) is 8.26. The highest BCUT2D eigenvalue weighted by atomic mass is 16.5. The van der Waals surface area contributed by atoms with Crippen molar-refractivity contribution in [2.45, 2.75) is 78.2 Å². The van der Waals surface area contributed by atoms with Crippen molar-refractivity contribution in [1.29, 1.82) is 0 Å². The van der Waals surface area contributed by atoms with Crippen molar-refractivity contribution < 1.29 is 28.9 Å². The molecule has 0 spiro atoms. The van der Waals surface area contributed by atoms with Gasteiger partial charge in [-0.2, -0.15) is 0 Å². The third-order valence-corrected chi connectivity index (χ3v) is 6.70. The maximum Gasteiger partial charge on any atom is 0.338 e. The van der Waals surface area contributed by atoms with Crippen LogP contribution in [0.15, 0.2) is 66.7 Å². The Morgan fingerprint density at radius 3 is 2.17 bits per heavy atom. The van der Waals surface area contributed by atoms with E-state index in [4.69, 9.17) is 14.2 Å². The lowest BCUT2D eigenvalue weighted by Crippen LogP contribution is -2.06. The normalized spacial score (nSPS) is 10.8. The fourth-order valence-corrected chi connectivity index (χ4v) is 4.62. The summed E-state index contributed by atoms with van der Waals surface area (Å²) in [6.45, 7) is 5.29. The average molecular weight is 547 g/mol. The highest BCUT2D eigenvalue weighted by molar-refractivity contribution is 5.92. The number of esters is 1. The molecular weight excluding hydrogens is 504 g/mol. The van der Waals surface area contributed by atoms with Crippen molar-refractivity contribution in [3.63, 3.8) is 0 Å². The van der Waals surface area contributed by atoms with Crippen LogP contribution in [0.4, 0.5) is 0 Å². The molecule has 0 saturated carbocycles. The number of ether oxygens (including phenoxy) is 3. The number of carboxylic acid groups (broad SMARTS) is 1. The first-order chi connectivity index (χ1) is 19.5. The topological polar surface area (TPSA) is 82.1 Å². The van der Waals surface area contributed by atoms with Crippen molar-refractivity contribution >= 4 is 11.9 Å². The number of carbonyl (C=O) groups excluding carboxylic acids is 1. The van der Waals surface area contributed by atoms with Crippen LogP contribution in [-0.2, 0) is 22.6 Å². The molecule has 6 nitrogen and oxygen atoms in total. The zero-order valence-electron chi connectivity index (χ0n) is 23.8. The Kier molecular flexibility index (Phi) is 13.1. The van der Waals surface area contributed by atoms with E-state index in [2.05, 4.69) is 6.92 Å². The first-order valence-corrected chi connectivity index (χ1v) is 14.5. The van der Waals surface area contributed by atoms with Gasteiger partial charge in [-0.3, -0.25) is 4.79 Å². The molecule has 214 valence electrons. The highest BCUT2D eigenvalue weighted by Gasteiger charge is 2.17. The summed E-state index contributed by atoms with van der Waals surface area (Å²) in [5.74, 6) is 0.0242. The molecule has 3 aromatic carbocycles. The Balaban J connectivity index is 1.61. The van der Waals surface area contributed by atoms with Gasteiger partial charge in [-0.25, -0.2) is 4.79 Å². The van der Waals surface area contributed by atoms with Crippen LogP contribution in [0, 0.1) is 0 Å². The van der Waals surface area contributed by atoms with Gasteiger partial charge in [0, 0.05) is 5.56 Å². The van der Waals surface area contributed by atoms with Crippen molar-refractivity contribution in [1.82, 2.24) is 0 Å². The van der Waals surface area contributed by atoms with E-state index in [9.17, 15) is 14.7 Å². The second-order valence-corrected chi connectivity index (χ2v) is 9.92. The summed E-state index contributed by atoms with van der Waals surface area (Å²) in [5, 5.41) is 9.49. The number of benzene rings is 3. The second-order valence-electron chi connectivity index (χ2n) is 9.92. The maximum atomic E-state index is 12.3. The molecule has 0 aromatic heterocycles. The standard InChI is InChI=1S/C34H42O6/c1-3-5-6-7-8-9-10-11-22-39-30-20-18-26(19-21-30)25-40-31-17-13-15-28(24-32(35)36)33(31)27-14-12-16-29(23-27)34(37)38-4-2/h12-21,23H,3-11,22,24-25H2,1-2H3,(H,35,36). The Labute approximate surface area is 238 Å². The number of carboxylic acids is 1. The minimum absolute atomic E-state index is 0.166. The van der Waals surface area contributed by atoms with Gasteiger partial charge in [0.25, 0.3) is 0 Å². The second kappa shape index (κ2) is 17.0. The van der Waals surface area contributed by atoms with E-state index in [0.717, 1.165) is 24.3 Å². The first-order valence-electron chi connectivity index (χ1n) is 14.5. The van der Waals surface area contributed by atoms with E-state index in [0.29, 0.717) is 34.6 Å². The molecule has 0 radical (unpaired) electrons. The van der Waals surface area contributed by atoms with Crippen LogP contribution in [-0.4, -0.2) is 30.3 Å². The predicted molar refractivity (Wildman–Crippen MR) is 158 cm³/mol. The minimum Gasteiger partial charge on any atom is -0.494 e. The molecule has 0 unspecified atom stereocenters. The summed E-state index contributed by atoms with van der Waals surface area (Å²) in [7, 11) is 0. The molecule has 40 heavy (non-hydrogen) atoms. The van der Waals surface area contributed by atoms with Gasteiger partial charge in [0.15, 0.2) is 0 Å². The number of hydrogen-bond donors (Lipinski definition) is 1. The Bertz CT molecular complexity index is 1200. The van der Waals surface area contributed by atoms with E-state index in [1.165, 1.54) is 44.9 Å². The van der Waals surface area contributed by atoms with Crippen LogP contribution in [0.1, 0.15) is 86.7 Å². The zero-order chi connectivity index (χ0) is 28.6. The average Bonchev–Trinajstić information content (AvgIpc) is 2.96. The van der Waals surface area contributed by atoms with Crippen molar-refractivity contribution in [3.05, 3.63) is 83.4 Å². The number of rotatable bonds is 18. The summed E-state index contributed by atoms with van der Waals surface area (Å²) < 4.78 is 17.3. The summed E-state index contributed by atoms with van der Waals surface area (Å²) in [5.41, 5.74) is 3.33. The molecule has 0 aliphatic heterocycles. The van der Waals surface area contributed by atoms with Crippen LogP contribution in [0.2, 0.25) is 0 Å². The van der Waals surface area contributed by atoms with Crippen molar-refractivity contribution in [3.8, 4) is 22.6 Å². The van der Waals surface area contributed by atoms with Gasteiger partial charge in [0.05, 0.1) is 25.2 Å². The third kappa shape index (κ3) is 10.1. The van der Waals surface area contributed by atoms with Crippen molar-refractivity contribution in [2.24, 2.45) is 0 Å². The molecule has 1 N–H and O–H groups in total. The molecule has 3 aromatic rings. The van der Waals surface area contributed by atoms with E-state index in [1.807, 2.05) is 36.4 Å². The van der Waals surface area contributed by atoms with E-state index < -0.39 is 11.9 Å². The summed E-state index contributed by atoms with van der Waals surface area (Å²) in [6, 6.07) is 20.2. The van der Waals surface area contributed by atoms with Crippen LogP contribution < -0.4 is 9.47 Å². The van der Waals surface area contributed by atoms with Crippen LogP contribution >= 0.6 is 0 Å². The molecule has 3 rings (SSSR count). The smallest absolute Gasteiger partial charge is 0.338 e. The van der Waals surface area contributed by atoms with Gasteiger partial charge in [-0.1, -0.05) is 88.3 Å². The largest absolute Gasteiger partial charge is 0.494 e. The summed E-state index contributed by atoms with van der Waals surface area (Å²) in [4.78, 5) is 23.9. The molecular formula is C34H42O6. The Morgan fingerprint density at radius 1 is 0.775 bits per heavy atom. The Hall–Kier alpha value is -3.80. The molecule has 0 amide bonds. The minimum atomic E-state index is -0.942. The lowest BCUT2D eigenvalue weighted by molar-refractivity contribution is -0.136. The number of hydrogen-bond acceptors (Lipinski definition) is 5. The van der Waals surface area contributed by atoms with Gasteiger partial charge in [0.2, 0.25) is 0 Å². The molecule has 0 atom stereocenters. The molecule has 0 aliphatic rings. The molecule has 0 fully saturated rings. The fraction of sp³-hybridized carbons (Fsp3) is 0.412. The fourth-order valence-electron chi connectivity index (χ4n) is 4.62. The van der Waals surface area contributed by atoms with E-state index in [1.54, 1.807) is 37.3 Å². The lowest BCUT2D eigenvalue weighted by Gasteiger charge is -2.16. The monoisotopic (exact) mass is 546 g/mol. The molecule has 6 heteroatoms. The number of unbranched alkanes of at least 4 members (excludes halogenated alkanes) is 7. The Morgan fingerprint density at radius 2 is 1.48 bits per heavy atom. The molecule has 0 saturated heterocycles. The quantitative estimate of drug-likeness (QED) is 0.128. The van der Waals surface area contributed by atoms with E-state index in [-0.39, 0.29) is 13.0 Å². The SMILES string of the molecule is CCCCCCCCCCOc1ccc(COc2cccc(CC(=O)O)c2-c2cccc(C(=O)OCC)c2)cc1. The maximum absolute atomic E-state index is 12.3. The molecule has 0 bridgehead atoms. The summed E-state index contributed by atoms with van der Waals surface area (Å²) in [6.07, 6.45) is 9.99. The summed E-state index contributed by atoms with van der Waals surface area (Å²) >= 11 is 0. The van der Waals surface area contributed by atoms with Crippen LogP contribution in [0.25, 0.3) is 11.1 Å². The van der Waals surface area contributed by atoms with Gasteiger partial charge < -0.3 is 19.3 Å². The number of carbonyl (C=O) groups is 2. The first kappa shape index (κ1) is 30.7. The number of aliphatic carboxylic acids is 1. The lowest BCUT2D eigenvalue weighted by atomic mass is 9.95. The third-order valence-electron chi connectivity index (χ3n) is 6.70. The van der Waals surface area contributed by atoms with Gasteiger partial charge >= 0.3 is 11.9 Å². The highest BCUT2D eigenvalue weighted by Crippen LogP contribution is 2.35. The van der Waals surface area contributed by atoms with Gasteiger partial charge in [-0.15, -0.1) is 0 Å². The van der Waals surface area contributed by atoms with E-state index >= 15 is 0 Å². The van der Waals surface area contributed by atoms with Crippen LogP contribution in [0.3, 0.4) is 0 Å². The zero-order valence-corrected chi connectivity index (χ0v) is 23.8. The van der Waals surface area contributed by atoms with Gasteiger partial charge in [-0.05, 0) is 60.4 Å². The van der Waals surface area contributed by atoms with Gasteiger partial charge in [0.1, 0.15) is 18.1 Å². The molecule has 0 aliphatic carbocycles. The molecule has 0 heterocycles. The van der Waals surface area contributed by atoms with Crippen molar-refractivity contribution in [2.75, 3.05) is 13.2 Å². The van der Waals surface area contributed by atoms with Crippen LogP contribution in [0.5, 0.6) is 11.5 Å².